The number of carboxylic acid groups (broad SMARTS) is 1. The largest absolute Gasteiger partial charge is 0.480 e. The highest BCUT2D eigenvalue weighted by Crippen LogP contribution is 2.02. The zero-order valence-electron chi connectivity index (χ0n) is 16.9. The smallest absolute Gasteiger partial charge is 0.328 e. The van der Waals surface area contributed by atoms with Crippen LogP contribution in [0.25, 0.3) is 0 Å². The van der Waals surface area contributed by atoms with E-state index in [1.165, 1.54) is 6.92 Å². The molecule has 0 rings (SSSR count). The highest BCUT2D eigenvalue weighted by atomic mass is 16.4. The lowest BCUT2D eigenvalue weighted by molar-refractivity contribution is -0.144. The van der Waals surface area contributed by atoms with E-state index in [0.717, 1.165) is 0 Å². The van der Waals surface area contributed by atoms with Crippen molar-refractivity contribution in [2.45, 2.75) is 63.3 Å². The van der Waals surface area contributed by atoms with Gasteiger partial charge in [0.25, 0.3) is 0 Å². The molecule has 0 aromatic rings. The fraction of sp³-hybridized carbons (Fsp3) is 0.706. The van der Waals surface area contributed by atoms with E-state index in [2.05, 4.69) is 16.0 Å². The van der Waals surface area contributed by atoms with Crippen LogP contribution >= 0.6 is 0 Å². The Morgan fingerprint density at radius 2 is 1.63 bits per heavy atom. The van der Waals surface area contributed by atoms with Crippen molar-refractivity contribution in [3.05, 3.63) is 0 Å². The SMILES string of the molecule is CC(O)C(NC(=O)CNC(=O)C(CCC(N)=O)NC(=O)C(N)CCCCN)C(=O)O. The molecule has 0 aliphatic rings. The third kappa shape index (κ3) is 11.3. The summed E-state index contributed by atoms with van der Waals surface area (Å²) < 4.78 is 0. The highest BCUT2D eigenvalue weighted by molar-refractivity contribution is 5.93. The second-order valence-electron chi connectivity index (χ2n) is 6.80. The fourth-order valence-electron chi connectivity index (χ4n) is 2.38. The minimum atomic E-state index is -1.55. The van der Waals surface area contributed by atoms with Crippen LogP contribution in [0.15, 0.2) is 0 Å². The molecule has 0 aromatic heterocycles. The summed E-state index contributed by atoms with van der Waals surface area (Å²) in [6.07, 6.45) is -0.00880. The molecule has 0 radical (unpaired) electrons. The van der Waals surface area contributed by atoms with Gasteiger partial charge in [-0.25, -0.2) is 4.79 Å². The third-order valence-corrected chi connectivity index (χ3v) is 4.11. The van der Waals surface area contributed by atoms with Crippen molar-refractivity contribution >= 4 is 29.6 Å². The summed E-state index contributed by atoms with van der Waals surface area (Å²) in [5, 5.41) is 25.0. The maximum absolute atomic E-state index is 12.4. The molecule has 0 aliphatic heterocycles. The van der Waals surface area contributed by atoms with Crippen LogP contribution in [-0.4, -0.2) is 77.1 Å². The molecule has 4 amide bonds. The maximum atomic E-state index is 12.4. The zero-order valence-corrected chi connectivity index (χ0v) is 16.9. The number of hydrogen-bond acceptors (Lipinski definition) is 8. The summed E-state index contributed by atoms with van der Waals surface area (Å²) in [7, 11) is 0. The lowest BCUT2D eigenvalue weighted by atomic mass is 10.1. The number of carbonyl (C=O) groups is 5. The van der Waals surface area contributed by atoms with Crippen molar-refractivity contribution in [3.8, 4) is 0 Å². The van der Waals surface area contributed by atoms with Crippen LogP contribution in [0.5, 0.6) is 0 Å². The zero-order chi connectivity index (χ0) is 23.3. The Hall–Kier alpha value is -2.77. The average molecular weight is 432 g/mol. The number of nitrogens with one attached hydrogen (secondary N) is 3. The number of amides is 4. The monoisotopic (exact) mass is 432 g/mol. The molecule has 0 saturated carbocycles. The van der Waals surface area contributed by atoms with Gasteiger partial charge in [-0.1, -0.05) is 6.42 Å². The van der Waals surface area contributed by atoms with E-state index in [1.54, 1.807) is 0 Å². The van der Waals surface area contributed by atoms with E-state index in [9.17, 15) is 29.1 Å². The number of primary amides is 1. The molecule has 4 unspecified atom stereocenters. The number of nitrogens with two attached hydrogens (primary N) is 3. The van der Waals surface area contributed by atoms with Gasteiger partial charge >= 0.3 is 5.97 Å². The molecule has 0 heterocycles. The number of hydrogen-bond donors (Lipinski definition) is 8. The Kier molecular flexibility index (Phi) is 12.9. The minimum absolute atomic E-state index is 0.116. The Bertz CT molecular complexity index is 613. The number of rotatable bonds is 15. The lowest BCUT2D eigenvalue weighted by Gasteiger charge is -2.21. The first-order chi connectivity index (χ1) is 14.0. The molecular weight excluding hydrogens is 400 g/mol. The first-order valence-corrected chi connectivity index (χ1v) is 9.51. The van der Waals surface area contributed by atoms with E-state index in [4.69, 9.17) is 22.3 Å². The maximum Gasteiger partial charge on any atom is 0.328 e. The standard InChI is InChI=1S/C17H32N6O7/c1-9(24)14(17(29)30)23-13(26)8-21-16(28)11(5-6-12(20)25)22-15(27)10(19)4-2-3-7-18/h9-11,14,24H,2-8,18-19H2,1H3,(H2,20,25)(H,21,28)(H,22,27)(H,23,26)(H,29,30). The molecule has 13 heteroatoms. The summed E-state index contributed by atoms with van der Waals surface area (Å²) in [4.78, 5) is 58.4. The minimum Gasteiger partial charge on any atom is -0.480 e. The molecule has 0 bridgehead atoms. The van der Waals surface area contributed by atoms with Gasteiger partial charge in [-0.15, -0.1) is 0 Å². The van der Waals surface area contributed by atoms with Gasteiger partial charge in [0.05, 0.1) is 18.7 Å². The summed E-state index contributed by atoms with van der Waals surface area (Å²) in [5.74, 6) is -4.39. The van der Waals surface area contributed by atoms with Crippen molar-refractivity contribution < 1.29 is 34.2 Å². The van der Waals surface area contributed by atoms with Crippen molar-refractivity contribution in [3.63, 3.8) is 0 Å². The molecular formula is C17H32N6O7. The third-order valence-electron chi connectivity index (χ3n) is 4.11. The summed E-state index contributed by atoms with van der Waals surface area (Å²) >= 11 is 0. The first kappa shape index (κ1) is 27.2. The Balaban J connectivity index is 4.85. The van der Waals surface area contributed by atoms with Crippen LogP contribution in [0.1, 0.15) is 39.0 Å². The van der Waals surface area contributed by atoms with E-state index < -0.39 is 60.4 Å². The predicted octanol–water partition coefficient (Wildman–Crippen LogP) is -3.74. The molecule has 172 valence electrons. The van der Waals surface area contributed by atoms with Crippen LogP contribution in [-0.2, 0) is 24.0 Å². The van der Waals surface area contributed by atoms with Crippen molar-refractivity contribution in [2.75, 3.05) is 13.1 Å². The van der Waals surface area contributed by atoms with Gasteiger partial charge in [-0.2, -0.15) is 0 Å². The fourth-order valence-corrected chi connectivity index (χ4v) is 2.38. The van der Waals surface area contributed by atoms with E-state index in [0.29, 0.717) is 25.8 Å². The number of carboxylic acids is 1. The molecule has 4 atom stereocenters. The van der Waals surface area contributed by atoms with Gasteiger partial charge in [0.2, 0.25) is 23.6 Å². The number of aliphatic hydroxyl groups is 1. The van der Waals surface area contributed by atoms with Crippen molar-refractivity contribution in [2.24, 2.45) is 17.2 Å². The predicted molar refractivity (Wildman–Crippen MR) is 105 cm³/mol. The summed E-state index contributed by atoms with van der Waals surface area (Å²) in [6.45, 7) is 1.03. The second kappa shape index (κ2) is 14.3. The Morgan fingerprint density at radius 1 is 1.00 bits per heavy atom. The van der Waals surface area contributed by atoms with Crippen LogP contribution in [0, 0.1) is 0 Å². The molecule has 0 aliphatic carbocycles. The average Bonchev–Trinajstić information content (AvgIpc) is 2.66. The topological polar surface area (TPSA) is 240 Å². The number of carbonyl (C=O) groups excluding carboxylic acids is 4. The van der Waals surface area contributed by atoms with E-state index >= 15 is 0 Å². The van der Waals surface area contributed by atoms with Crippen LogP contribution in [0.3, 0.4) is 0 Å². The Labute approximate surface area is 174 Å². The summed E-state index contributed by atoms with van der Waals surface area (Å²) in [6, 6.07) is -3.61. The second-order valence-corrected chi connectivity index (χ2v) is 6.80. The first-order valence-electron chi connectivity index (χ1n) is 9.51. The van der Waals surface area contributed by atoms with Crippen molar-refractivity contribution in [1.82, 2.24) is 16.0 Å². The molecule has 0 aromatic carbocycles. The summed E-state index contributed by atoms with van der Waals surface area (Å²) in [5.41, 5.74) is 16.2. The lowest BCUT2D eigenvalue weighted by Crippen LogP contribution is -2.54. The van der Waals surface area contributed by atoms with E-state index in [-0.39, 0.29) is 12.8 Å². The highest BCUT2D eigenvalue weighted by Gasteiger charge is 2.27. The number of unbranched alkanes of at least 4 members (excludes halogenated alkanes) is 1. The van der Waals surface area contributed by atoms with Crippen molar-refractivity contribution in [1.29, 1.82) is 0 Å². The van der Waals surface area contributed by atoms with Gasteiger partial charge in [-0.05, 0) is 32.7 Å². The molecule has 0 fully saturated rings. The van der Waals surface area contributed by atoms with Gasteiger partial charge in [-0.3, -0.25) is 19.2 Å². The van der Waals surface area contributed by atoms with Gasteiger partial charge in [0.1, 0.15) is 6.04 Å². The number of aliphatic hydroxyl groups excluding tert-OH is 1. The van der Waals surface area contributed by atoms with Gasteiger partial charge < -0.3 is 43.4 Å². The van der Waals surface area contributed by atoms with E-state index in [1.807, 2.05) is 0 Å². The normalized spacial score (nSPS) is 14.7. The molecule has 30 heavy (non-hydrogen) atoms. The number of aliphatic carboxylic acids is 1. The molecule has 11 N–H and O–H groups in total. The van der Waals surface area contributed by atoms with Gasteiger partial charge in [0.15, 0.2) is 6.04 Å². The quantitative estimate of drug-likeness (QED) is 0.118. The van der Waals surface area contributed by atoms with Crippen LogP contribution < -0.4 is 33.2 Å². The van der Waals surface area contributed by atoms with Gasteiger partial charge in [0, 0.05) is 6.42 Å². The molecule has 13 nitrogen and oxygen atoms in total. The molecule has 0 saturated heterocycles. The van der Waals surface area contributed by atoms with Crippen LogP contribution in [0.2, 0.25) is 0 Å². The van der Waals surface area contributed by atoms with Crippen LogP contribution in [0.4, 0.5) is 0 Å². The molecule has 0 spiro atoms. The Morgan fingerprint density at radius 3 is 2.13 bits per heavy atom.